The second-order valence-corrected chi connectivity index (χ2v) is 23.9. The lowest BCUT2D eigenvalue weighted by molar-refractivity contribution is -0.209. The van der Waals surface area contributed by atoms with E-state index in [9.17, 15) is 19.5 Å². The maximum atomic E-state index is 14.1. The number of aliphatic hydroxyl groups excluding tert-OH is 1. The highest BCUT2D eigenvalue weighted by molar-refractivity contribution is 7.15. The number of halogens is 2. The van der Waals surface area contributed by atoms with Crippen LogP contribution in [0.15, 0.2) is 58.0 Å². The van der Waals surface area contributed by atoms with Crippen molar-refractivity contribution in [3.8, 4) is 10.8 Å². The highest BCUT2D eigenvalue weighted by Gasteiger charge is 2.69. The van der Waals surface area contributed by atoms with Crippen molar-refractivity contribution in [3.05, 3.63) is 109 Å². The molecule has 0 spiro atoms. The third-order valence-corrected chi connectivity index (χ3v) is 18.1. The number of benzene rings is 2. The molecule has 8 atom stereocenters. The van der Waals surface area contributed by atoms with Crippen LogP contribution in [-0.2, 0) is 30.2 Å². The van der Waals surface area contributed by atoms with E-state index in [0.717, 1.165) is 46.1 Å². The monoisotopic (exact) mass is 1070 g/mol. The van der Waals surface area contributed by atoms with E-state index in [2.05, 4.69) is 58.2 Å². The number of nitrogens with zero attached hydrogens (tertiary/aromatic N) is 6. The number of ether oxygens (including phenoxy) is 1. The molecule has 2 aromatic carbocycles. The standard InChI is InChI=1S/C54H65BCl2N8O8S/c1-28(2)46(42-20-29(3)63-72-42)51(69)64-27-38(66)24-40(64)50(68)59-26-34-12-15-37(57)23-41(34)70-19-9-17-55-71-44-22-35-21-43(53(35,7)8)54(44,73-55)16-18-58-45(67)25-39-49-62-61-32(6)65(49)52-47(30(4)31(5)74-52)48(60-39)33-10-13-36(56)14-11-33/h10-15,20,23,28,35,38-40,43-44,46,66H,9,16-19,21-22,24-27H2,1-8H3,(H,58,67)(H,59,68)/t35-,38-,39+,40+,43-,44+,46-,54-/m1/s1. The summed E-state index contributed by atoms with van der Waals surface area (Å²) in [4.78, 5) is 49.7. The zero-order chi connectivity index (χ0) is 52.4. The molecule has 3 aliphatic carbocycles. The number of fused-ring (bicyclic) bond motifs is 3. The van der Waals surface area contributed by atoms with Crippen LogP contribution in [0.4, 0.5) is 0 Å². The van der Waals surface area contributed by atoms with Gasteiger partial charge in [-0.3, -0.25) is 23.9 Å². The molecule has 5 aromatic rings. The minimum Gasteiger partial charge on any atom is -0.493 e. The maximum Gasteiger partial charge on any atom is 0.457 e. The number of aliphatic hydroxyl groups is 1. The van der Waals surface area contributed by atoms with Crippen LogP contribution in [0, 0.1) is 50.9 Å². The molecule has 3 N–H and O–H groups in total. The van der Waals surface area contributed by atoms with Gasteiger partial charge in [0.05, 0.1) is 42.2 Å². The molecule has 5 fully saturated rings. The molecule has 20 heteroatoms. The first-order valence-electron chi connectivity index (χ1n) is 25.9. The number of nitrogens with one attached hydrogen (secondary N) is 2. The minimum absolute atomic E-state index is 0.0431. The number of rotatable bonds is 17. The van der Waals surface area contributed by atoms with Gasteiger partial charge in [-0.05, 0) is 113 Å². The van der Waals surface area contributed by atoms with Gasteiger partial charge in [0.15, 0.2) is 5.82 Å². The quantitative estimate of drug-likeness (QED) is 0.0595. The van der Waals surface area contributed by atoms with E-state index < -0.39 is 36.8 Å². The predicted molar refractivity (Wildman–Crippen MR) is 283 cm³/mol. The van der Waals surface area contributed by atoms with Gasteiger partial charge in [-0.15, -0.1) is 21.5 Å². The Bertz CT molecular complexity index is 2980. The van der Waals surface area contributed by atoms with Crippen molar-refractivity contribution in [3.63, 3.8) is 0 Å². The van der Waals surface area contributed by atoms with Crippen LogP contribution >= 0.6 is 34.5 Å². The van der Waals surface area contributed by atoms with Gasteiger partial charge in [-0.25, -0.2) is 0 Å². The molecular formula is C54H65BCl2N8O8S. The topological polar surface area (TPSA) is 196 Å². The Balaban J connectivity index is 0.762. The van der Waals surface area contributed by atoms with Crippen molar-refractivity contribution in [1.29, 1.82) is 0 Å². The van der Waals surface area contributed by atoms with Crippen molar-refractivity contribution in [2.45, 2.75) is 143 Å². The number of amides is 3. The lowest BCUT2D eigenvalue weighted by Crippen LogP contribution is -2.67. The number of aliphatic imine (C=N–C) groups is 1. The Kier molecular flexibility index (Phi) is 14.7. The summed E-state index contributed by atoms with van der Waals surface area (Å²) in [6.07, 6.45) is 3.04. The number of hydrogen-bond donors (Lipinski definition) is 3. The highest BCUT2D eigenvalue weighted by Crippen LogP contribution is 2.67. The van der Waals surface area contributed by atoms with Gasteiger partial charge in [0.1, 0.15) is 40.3 Å². The molecule has 392 valence electrons. The number of aryl methyl sites for hydroxylation is 3. The first-order valence-corrected chi connectivity index (χ1v) is 27.5. The molecule has 3 aromatic heterocycles. The molecule has 3 aliphatic heterocycles. The number of hydrogen-bond acceptors (Lipinski definition) is 13. The molecule has 74 heavy (non-hydrogen) atoms. The normalized spacial score (nSPS) is 24.9. The summed E-state index contributed by atoms with van der Waals surface area (Å²) < 4.78 is 27.7. The highest BCUT2D eigenvalue weighted by atomic mass is 35.5. The lowest BCUT2D eigenvalue weighted by atomic mass is 9.43. The summed E-state index contributed by atoms with van der Waals surface area (Å²) in [6, 6.07) is 13.2. The van der Waals surface area contributed by atoms with Crippen LogP contribution in [0.25, 0.3) is 5.00 Å². The average molecular weight is 1070 g/mol. The molecule has 2 saturated heterocycles. The van der Waals surface area contributed by atoms with Gasteiger partial charge < -0.3 is 39.2 Å². The van der Waals surface area contributed by atoms with E-state index in [4.69, 9.17) is 46.8 Å². The number of likely N-dealkylation sites (tertiary alicyclic amines) is 1. The number of β-amino-alcohol motifs (C(OH)–C–C–N with tert-alkyl or cyclic N) is 1. The largest absolute Gasteiger partial charge is 0.493 e. The molecule has 3 saturated carbocycles. The van der Waals surface area contributed by atoms with E-state index in [1.54, 1.807) is 36.5 Å². The molecule has 0 radical (unpaired) electrons. The van der Waals surface area contributed by atoms with E-state index in [1.807, 2.05) is 51.1 Å². The Morgan fingerprint density at radius 2 is 1.77 bits per heavy atom. The molecule has 6 heterocycles. The van der Waals surface area contributed by atoms with Crippen molar-refractivity contribution >= 4 is 65.1 Å². The summed E-state index contributed by atoms with van der Waals surface area (Å²) in [5.41, 5.74) is 4.75. The number of carbonyl (C=O) groups excluding carboxylic acids is 3. The van der Waals surface area contributed by atoms with Crippen LogP contribution < -0.4 is 15.4 Å². The van der Waals surface area contributed by atoms with Crippen LogP contribution in [0.1, 0.15) is 128 Å². The van der Waals surface area contributed by atoms with E-state index in [0.29, 0.717) is 76.9 Å². The van der Waals surface area contributed by atoms with Crippen molar-refractivity contribution < 1.29 is 38.1 Å². The summed E-state index contributed by atoms with van der Waals surface area (Å²) in [7, 11) is -0.446. The van der Waals surface area contributed by atoms with Crippen molar-refractivity contribution in [2.75, 3.05) is 19.7 Å². The number of carbonyl (C=O) groups is 3. The zero-order valence-electron chi connectivity index (χ0n) is 43.2. The van der Waals surface area contributed by atoms with Gasteiger partial charge in [-0.2, -0.15) is 0 Å². The smallest absolute Gasteiger partial charge is 0.457 e. The maximum absolute atomic E-state index is 14.1. The van der Waals surface area contributed by atoms with Gasteiger partial charge in [0, 0.05) is 63.7 Å². The molecule has 0 unspecified atom stereocenters. The Hall–Kier alpha value is -5.11. The van der Waals surface area contributed by atoms with Crippen LogP contribution in [-0.4, -0.2) is 104 Å². The molecular weight excluding hydrogens is 1000 g/mol. The average Bonchev–Trinajstić information content (AvgIpc) is 4.18. The number of aromatic nitrogens is 4. The fourth-order valence-electron chi connectivity index (χ4n) is 12.3. The summed E-state index contributed by atoms with van der Waals surface area (Å²) in [6.45, 7) is 17.4. The number of thiophene rings is 1. The van der Waals surface area contributed by atoms with E-state index >= 15 is 0 Å². The van der Waals surface area contributed by atoms with Crippen molar-refractivity contribution in [2.24, 2.45) is 28.2 Å². The Morgan fingerprint density at radius 3 is 2.50 bits per heavy atom. The van der Waals surface area contributed by atoms with Gasteiger partial charge in [0.2, 0.25) is 17.7 Å². The molecule has 3 amide bonds. The van der Waals surface area contributed by atoms with Crippen molar-refractivity contribution in [1.82, 2.24) is 35.5 Å². The van der Waals surface area contributed by atoms with Gasteiger partial charge in [-0.1, -0.05) is 74.3 Å². The third-order valence-electron chi connectivity index (χ3n) is 16.4. The Labute approximate surface area is 446 Å². The predicted octanol–water partition coefficient (Wildman–Crippen LogP) is 8.84. The van der Waals surface area contributed by atoms with Gasteiger partial charge >= 0.3 is 7.12 Å². The summed E-state index contributed by atoms with van der Waals surface area (Å²) in [5.74, 6) is 1.56. The zero-order valence-corrected chi connectivity index (χ0v) is 45.6. The first kappa shape index (κ1) is 52.3. The summed E-state index contributed by atoms with van der Waals surface area (Å²) in [5, 5.41) is 32.0. The van der Waals surface area contributed by atoms with E-state index in [1.165, 1.54) is 9.78 Å². The third kappa shape index (κ3) is 9.83. The molecule has 6 aliphatic rings. The Morgan fingerprint density at radius 1 is 1.00 bits per heavy atom. The van der Waals surface area contributed by atoms with Gasteiger partial charge in [0.25, 0.3) is 0 Å². The summed E-state index contributed by atoms with van der Waals surface area (Å²) >= 11 is 14.5. The minimum atomic E-state index is -0.862. The fourth-order valence-corrected chi connectivity index (χ4v) is 13.8. The second-order valence-electron chi connectivity index (χ2n) is 21.8. The molecule has 16 nitrogen and oxygen atoms in total. The fraction of sp³-hybridized carbons (Fsp3) is 0.537. The lowest BCUT2D eigenvalue weighted by Gasteiger charge is -2.65. The molecule has 11 rings (SSSR count). The first-order chi connectivity index (χ1) is 35.3. The second kappa shape index (κ2) is 20.8. The van der Waals surface area contributed by atoms with Crippen LogP contribution in [0.3, 0.4) is 0 Å². The van der Waals surface area contributed by atoms with Crippen LogP contribution in [0.2, 0.25) is 16.4 Å². The van der Waals surface area contributed by atoms with Crippen LogP contribution in [0.5, 0.6) is 5.75 Å². The SMILES string of the molecule is Cc1cc([C@H](C(=O)N2C[C@H](O)C[C@H]2C(=O)NCc2ccc(Cl)cc2OCCCB2O[C@H]3C[C@H]4C[C@H](C4(C)C)[C@@]3(CCNC(=O)C[C@@H]3N=C(c4ccc(Cl)cc4)c4c(sc(C)c4C)-n4c(C)nnc43)O2)C(C)C)on1. The van der Waals surface area contributed by atoms with E-state index in [-0.39, 0.29) is 67.0 Å². The molecule has 2 bridgehead atoms.